The highest BCUT2D eigenvalue weighted by Gasteiger charge is 2.21. The molecule has 0 unspecified atom stereocenters. The zero-order valence-electron chi connectivity index (χ0n) is 27.5. The fourth-order valence-electron chi connectivity index (χ4n) is 7.04. The summed E-state index contributed by atoms with van der Waals surface area (Å²) in [5, 5.41) is 43.5. The number of fused-ring (bicyclic) bond motifs is 8. The van der Waals surface area contributed by atoms with Gasteiger partial charge in [-0.25, -0.2) is 9.97 Å². The first kappa shape index (κ1) is 30.7. The minimum Gasteiger partial charge on any atom is -0.508 e. The number of phenols is 4. The van der Waals surface area contributed by atoms with Crippen LogP contribution in [0.2, 0.25) is 0 Å². The third-order valence-electron chi connectivity index (χ3n) is 9.38. The Labute approximate surface area is 297 Å². The molecule has 2 aliphatic rings. The molecule has 2 aliphatic heterocycles. The fourth-order valence-corrected chi connectivity index (χ4v) is 7.04. The lowest BCUT2D eigenvalue weighted by Gasteiger charge is -2.09. The van der Waals surface area contributed by atoms with Crippen LogP contribution in [0.15, 0.2) is 121 Å². The van der Waals surface area contributed by atoms with E-state index in [2.05, 4.69) is 9.97 Å². The number of aromatic hydroxyl groups is 4. The molecule has 8 nitrogen and oxygen atoms in total. The van der Waals surface area contributed by atoms with Gasteiger partial charge in [-0.2, -0.15) is 0 Å². The van der Waals surface area contributed by atoms with E-state index in [1.54, 1.807) is 0 Å². The van der Waals surface area contributed by atoms with Crippen molar-refractivity contribution in [2.75, 3.05) is 0 Å². The van der Waals surface area contributed by atoms with E-state index in [0.717, 1.165) is 33.3 Å². The zero-order valence-corrected chi connectivity index (χ0v) is 27.5. The third kappa shape index (κ3) is 5.26. The molecule has 52 heavy (non-hydrogen) atoms. The van der Waals surface area contributed by atoms with Gasteiger partial charge in [0, 0.05) is 55.4 Å². The maximum absolute atomic E-state index is 11.2. The Hall–Kier alpha value is -7.32. The van der Waals surface area contributed by atoms with Gasteiger partial charge in [-0.15, -0.1) is 0 Å². The molecule has 6 N–H and O–H groups in total. The van der Waals surface area contributed by atoms with Crippen LogP contribution in [0, 0.1) is 0 Å². The molecule has 0 saturated carbocycles. The maximum Gasteiger partial charge on any atom is 0.123 e. The van der Waals surface area contributed by atoms with Crippen LogP contribution in [-0.4, -0.2) is 40.4 Å². The van der Waals surface area contributed by atoms with Crippen molar-refractivity contribution in [2.24, 2.45) is 0 Å². The predicted octanol–water partition coefficient (Wildman–Crippen LogP) is 10.1. The first-order valence-electron chi connectivity index (χ1n) is 16.7. The molecular weight excluding hydrogens is 649 g/mol. The van der Waals surface area contributed by atoms with Crippen LogP contribution in [0.1, 0.15) is 22.8 Å². The molecule has 0 aliphatic carbocycles. The van der Waals surface area contributed by atoms with E-state index in [-0.39, 0.29) is 23.0 Å². The van der Waals surface area contributed by atoms with Gasteiger partial charge < -0.3 is 30.4 Å². The molecular formula is C44H30N4O4. The van der Waals surface area contributed by atoms with E-state index >= 15 is 0 Å². The van der Waals surface area contributed by atoms with Crippen LogP contribution in [0.5, 0.6) is 23.0 Å². The van der Waals surface area contributed by atoms with Crippen LogP contribution in [0.4, 0.5) is 0 Å². The molecule has 0 atom stereocenters. The number of hydrogen-bond acceptors (Lipinski definition) is 6. The van der Waals surface area contributed by atoms with Crippen molar-refractivity contribution >= 4 is 46.4 Å². The topological polar surface area (TPSA) is 138 Å². The minimum absolute atomic E-state index is 0.00273. The molecule has 0 amide bonds. The van der Waals surface area contributed by atoms with Gasteiger partial charge in [0.15, 0.2) is 0 Å². The molecule has 8 heteroatoms. The second-order valence-electron chi connectivity index (χ2n) is 12.6. The van der Waals surface area contributed by atoms with Crippen LogP contribution in [0.3, 0.4) is 0 Å². The van der Waals surface area contributed by atoms with E-state index in [4.69, 9.17) is 9.97 Å². The molecule has 5 heterocycles. The molecule has 9 rings (SSSR count). The van der Waals surface area contributed by atoms with Crippen LogP contribution < -0.4 is 0 Å². The van der Waals surface area contributed by atoms with Crippen molar-refractivity contribution in [1.82, 2.24) is 19.9 Å². The van der Waals surface area contributed by atoms with Crippen molar-refractivity contribution in [2.45, 2.75) is 0 Å². The monoisotopic (exact) mass is 678 g/mol. The average molecular weight is 679 g/mol. The third-order valence-corrected chi connectivity index (χ3v) is 9.38. The van der Waals surface area contributed by atoms with Crippen molar-refractivity contribution in [1.29, 1.82) is 0 Å². The standard InChI is InChI=1S/C44H30N4O4/c49-27-11-21-39(51)29(23-27)43-35-17-13-31(45-35)41(25-7-3-1-4-8-25)32-14-18-36(46-32)44(30-24-28(50)12-22-40(30)52)38-20-16-34(48-38)42(26-9-5-2-6-10-26)33-15-19-37(43)47-33/h1-24,45,48-52H. The van der Waals surface area contributed by atoms with Crippen molar-refractivity contribution < 1.29 is 20.4 Å². The van der Waals surface area contributed by atoms with Gasteiger partial charge in [0.1, 0.15) is 23.0 Å². The Balaban J connectivity index is 1.50. The molecule has 8 bridgehead atoms. The van der Waals surface area contributed by atoms with E-state index in [1.165, 1.54) is 36.4 Å². The van der Waals surface area contributed by atoms with Gasteiger partial charge in [0.25, 0.3) is 0 Å². The molecule has 7 aromatic rings. The SMILES string of the molecule is Oc1ccc(O)c(-c2c3nc(c(-c4ccccc4)c4ccc([nH]4)c(-c4cc(O)ccc4O)c4nc(c(-c5ccccc5)c5ccc2[nH]5)C=C4)C=C3)c1. The zero-order chi connectivity index (χ0) is 35.3. The summed E-state index contributed by atoms with van der Waals surface area (Å²) in [5.74, 6) is 0.0155. The summed E-state index contributed by atoms with van der Waals surface area (Å²) in [5.41, 5.74) is 11.0. The van der Waals surface area contributed by atoms with Gasteiger partial charge in [-0.3, -0.25) is 0 Å². The lowest BCUT2D eigenvalue weighted by atomic mass is 10.0. The maximum atomic E-state index is 11.2. The summed E-state index contributed by atoms with van der Waals surface area (Å²) in [6, 6.07) is 36.6. The van der Waals surface area contributed by atoms with Crippen LogP contribution in [-0.2, 0) is 0 Å². The van der Waals surface area contributed by atoms with E-state index in [9.17, 15) is 20.4 Å². The summed E-state index contributed by atoms with van der Waals surface area (Å²) >= 11 is 0. The number of aromatic nitrogens is 4. The van der Waals surface area contributed by atoms with E-state index in [0.29, 0.717) is 56.1 Å². The van der Waals surface area contributed by atoms with Crippen molar-refractivity contribution in [3.8, 4) is 67.5 Å². The number of nitrogens with zero attached hydrogens (tertiary/aromatic N) is 2. The van der Waals surface area contributed by atoms with Crippen molar-refractivity contribution in [3.63, 3.8) is 0 Å². The van der Waals surface area contributed by atoms with Gasteiger partial charge in [-0.05, 0) is 96.1 Å². The number of hydrogen-bond donors (Lipinski definition) is 6. The molecule has 0 fully saturated rings. The van der Waals surface area contributed by atoms with Crippen molar-refractivity contribution in [3.05, 3.63) is 144 Å². The number of rotatable bonds is 4. The number of aromatic amines is 2. The van der Waals surface area contributed by atoms with Crippen LogP contribution in [0.25, 0.3) is 90.9 Å². The number of benzene rings is 4. The Bertz CT molecular complexity index is 2590. The first-order chi connectivity index (χ1) is 25.4. The van der Waals surface area contributed by atoms with E-state index in [1.807, 2.05) is 109 Å². The number of H-pyrrole nitrogens is 2. The first-order valence-corrected chi connectivity index (χ1v) is 16.7. The molecule has 3 aromatic heterocycles. The van der Waals surface area contributed by atoms with Gasteiger partial charge in [0.2, 0.25) is 0 Å². The molecule has 0 saturated heterocycles. The minimum atomic E-state index is -0.00273. The summed E-state index contributed by atoms with van der Waals surface area (Å²) in [4.78, 5) is 17.6. The average Bonchev–Trinajstić information content (AvgIpc) is 4.00. The number of nitrogens with one attached hydrogen (secondary N) is 2. The molecule has 4 aromatic carbocycles. The summed E-state index contributed by atoms with van der Waals surface area (Å²) in [6.45, 7) is 0. The summed E-state index contributed by atoms with van der Waals surface area (Å²) in [6.07, 6.45) is 7.71. The Morgan fingerprint density at radius 1 is 0.365 bits per heavy atom. The van der Waals surface area contributed by atoms with Gasteiger partial charge in [0.05, 0.1) is 22.8 Å². The smallest absolute Gasteiger partial charge is 0.123 e. The highest BCUT2D eigenvalue weighted by atomic mass is 16.3. The lowest BCUT2D eigenvalue weighted by Crippen LogP contribution is -1.90. The largest absolute Gasteiger partial charge is 0.508 e. The second-order valence-corrected chi connectivity index (χ2v) is 12.6. The highest BCUT2D eigenvalue weighted by molar-refractivity contribution is 6.00. The second kappa shape index (κ2) is 12.2. The molecule has 250 valence electrons. The van der Waals surface area contributed by atoms with Gasteiger partial charge in [-0.1, -0.05) is 60.7 Å². The predicted molar refractivity (Wildman–Crippen MR) is 207 cm³/mol. The Kier molecular flexibility index (Phi) is 7.22. The lowest BCUT2D eigenvalue weighted by molar-refractivity contribution is 0.462. The quantitative estimate of drug-likeness (QED) is 0.102. The van der Waals surface area contributed by atoms with Gasteiger partial charge >= 0.3 is 0 Å². The summed E-state index contributed by atoms with van der Waals surface area (Å²) in [7, 11) is 0. The highest BCUT2D eigenvalue weighted by Crippen LogP contribution is 2.42. The Morgan fingerprint density at radius 3 is 1.10 bits per heavy atom. The number of phenolic OH excluding ortho intramolecular Hbond substituents is 4. The molecule has 0 radical (unpaired) electrons. The molecule has 0 spiro atoms. The Morgan fingerprint density at radius 2 is 0.712 bits per heavy atom. The normalized spacial score (nSPS) is 12.0. The fraction of sp³-hybridized carbons (Fsp3) is 0. The van der Waals surface area contributed by atoms with Crippen LogP contribution >= 0.6 is 0 Å². The summed E-state index contributed by atoms with van der Waals surface area (Å²) < 4.78 is 0. The van der Waals surface area contributed by atoms with E-state index < -0.39 is 0 Å².